The van der Waals surface area contributed by atoms with E-state index < -0.39 is 26.6 Å². The summed E-state index contributed by atoms with van der Waals surface area (Å²) in [5.41, 5.74) is 12.7. The summed E-state index contributed by atoms with van der Waals surface area (Å²) < 4.78 is 24.9. The Kier molecular flexibility index (Phi) is 11.8. The van der Waals surface area contributed by atoms with Crippen LogP contribution in [0, 0.1) is 0 Å². The van der Waals surface area contributed by atoms with E-state index in [2.05, 4.69) is 50.5 Å². The van der Waals surface area contributed by atoms with Crippen molar-refractivity contribution in [2.45, 2.75) is 70.4 Å². The van der Waals surface area contributed by atoms with Crippen LogP contribution in [0.5, 0.6) is 11.5 Å². The van der Waals surface area contributed by atoms with Crippen LogP contribution >= 0.6 is 0 Å². The molecular weight excluding hydrogens is 546 g/mol. The Hall–Kier alpha value is -3.59. The van der Waals surface area contributed by atoms with Crippen LogP contribution < -0.4 is 9.16 Å². The number of benzene rings is 3. The van der Waals surface area contributed by atoms with Crippen molar-refractivity contribution in [3.63, 3.8) is 0 Å². The first-order valence-corrected chi connectivity index (χ1v) is 16.9. The van der Waals surface area contributed by atoms with Crippen LogP contribution in [0.2, 0.25) is 18.1 Å². The number of hydrogen-bond donors (Lipinski definition) is 1. The van der Waals surface area contributed by atoms with Gasteiger partial charge in [0.05, 0.1) is 45.2 Å². The number of aliphatic hydroxyl groups is 1. The highest BCUT2D eigenvalue weighted by Crippen LogP contribution is 2.41. The largest absolute Gasteiger partial charge is 0.543 e. The minimum absolute atomic E-state index is 0.0460. The smallest absolute Gasteiger partial charge is 0.250 e. The van der Waals surface area contributed by atoms with E-state index in [-0.39, 0.29) is 24.9 Å². The number of azide groups is 1. The first-order valence-electron chi connectivity index (χ1n) is 14.0. The Balaban J connectivity index is 2.06. The molecule has 0 aliphatic carbocycles. The number of nitrogens with zero attached hydrogens (tertiary/aromatic N) is 3. The molecule has 0 amide bonds. The molecule has 9 heteroatoms. The van der Waals surface area contributed by atoms with Crippen LogP contribution in [-0.2, 0) is 22.7 Å². The normalized spacial score (nSPS) is 13.9. The summed E-state index contributed by atoms with van der Waals surface area (Å²) in [7, 11) is -0.648. The van der Waals surface area contributed by atoms with Crippen molar-refractivity contribution in [1.29, 1.82) is 0 Å². The van der Waals surface area contributed by atoms with E-state index in [1.807, 2.05) is 78.9 Å². The van der Waals surface area contributed by atoms with Gasteiger partial charge < -0.3 is 23.7 Å². The SMILES string of the molecule is C=C(c1cc(OC)ccc1O[Si](C)(C)C(C)(C)C)[C@H](OCc1ccccc1)[C@@H](N=[N+]=[N-])[C@@H](CO)OCc1ccccc1. The van der Waals surface area contributed by atoms with Crippen LogP contribution in [0.4, 0.5) is 0 Å². The summed E-state index contributed by atoms with van der Waals surface area (Å²) in [5, 5.41) is 14.5. The lowest BCUT2D eigenvalue weighted by Gasteiger charge is -2.38. The Morgan fingerprint density at radius 2 is 1.52 bits per heavy atom. The van der Waals surface area contributed by atoms with E-state index in [9.17, 15) is 10.6 Å². The molecule has 224 valence electrons. The molecule has 0 aromatic heterocycles. The quantitative estimate of drug-likeness (QED) is 0.0838. The van der Waals surface area contributed by atoms with Gasteiger partial charge in [-0.05, 0) is 58.6 Å². The van der Waals surface area contributed by atoms with Gasteiger partial charge in [0, 0.05) is 10.5 Å². The minimum atomic E-state index is -2.25. The molecule has 3 aromatic carbocycles. The molecule has 0 unspecified atom stereocenters. The summed E-state index contributed by atoms with van der Waals surface area (Å²) in [6.07, 6.45) is -1.73. The summed E-state index contributed by atoms with van der Waals surface area (Å²) in [5.74, 6) is 1.26. The second-order valence-corrected chi connectivity index (χ2v) is 16.4. The van der Waals surface area contributed by atoms with E-state index in [1.54, 1.807) is 7.11 Å². The van der Waals surface area contributed by atoms with Gasteiger partial charge in [0.1, 0.15) is 11.5 Å². The van der Waals surface area contributed by atoms with E-state index in [4.69, 9.17) is 18.6 Å². The zero-order valence-electron chi connectivity index (χ0n) is 25.5. The van der Waals surface area contributed by atoms with Crippen molar-refractivity contribution in [1.82, 2.24) is 0 Å². The summed E-state index contributed by atoms with van der Waals surface area (Å²) in [4.78, 5) is 3.12. The van der Waals surface area contributed by atoms with Crippen molar-refractivity contribution >= 4 is 13.9 Å². The van der Waals surface area contributed by atoms with Gasteiger partial charge in [-0.1, -0.05) is 93.1 Å². The summed E-state index contributed by atoms with van der Waals surface area (Å²) >= 11 is 0. The monoisotopic (exact) mass is 589 g/mol. The maximum Gasteiger partial charge on any atom is 0.250 e. The van der Waals surface area contributed by atoms with Crippen molar-refractivity contribution in [2.24, 2.45) is 5.11 Å². The van der Waals surface area contributed by atoms with E-state index in [0.29, 0.717) is 22.6 Å². The molecule has 0 spiro atoms. The topological polar surface area (TPSA) is 106 Å². The molecule has 0 saturated heterocycles. The standard InChI is InChI=1S/C33H43N3O5Si/c1-24(28-20-27(38-5)18-19-29(28)41-42(6,7)33(2,3)4)32(40-23-26-16-12-9-13-17-26)31(35-36-34)30(21-37)39-22-25-14-10-8-11-15-25/h8-20,30-32,37H,1,21-23H2,2-7H3/t30-,31+,32+/m1/s1. The number of rotatable bonds is 15. The fourth-order valence-corrected chi connectivity index (χ4v) is 5.18. The van der Waals surface area contributed by atoms with Crippen molar-refractivity contribution in [2.75, 3.05) is 13.7 Å². The Morgan fingerprint density at radius 1 is 0.952 bits per heavy atom. The molecule has 3 rings (SSSR count). The molecule has 0 aliphatic rings. The highest BCUT2D eigenvalue weighted by Gasteiger charge is 2.40. The molecule has 1 N–H and O–H groups in total. The molecule has 0 saturated carbocycles. The van der Waals surface area contributed by atoms with Gasteiger partial charge in [-0.3, -0.25) is 0 Å². The van der Waals surface area contributed by atoms with Gasteiger partial charge in [0.15, 0.2) is 0 Å². The van der Waals surface area contributed by atoms with Crippen LogP contribution in [0.1, 0.15) is 37.5 Å². The van der Waals surface area contributed by atoms with Gasteiger partial charge in [-0.15, -0.1) is 0 Å². The number of aliphatic hydroxyl groups excluding tert-OH is 1. The Bertz CT molecular complexity index is 1340. The number of hydrogen-bond acceptors (Lipinski definition) is 6. The van der Waals surface area contributed by atoms with Crippen LogP contribution in [0.3, 0.4) is 0 Å². The fourth-order valence-electron chi connectivity index (χ4n) is 4.15. The molecule has 42 heavy (non-hydrogen) atoms. The van der Waals surface area contributed by atoms with Crippen LogP contribution in [0.25, 0.3) is 16.0 Å². The first kappa shape index (κ1) is 32.9. The van der Waals surface area contributed by atoms with Crippen molar-refractivity contribution in [3.05, 3.63) is 113 Å². The predicted octanol–water partition coefficient (Wildman–Crippen LogP) is 7.93. The third-order valence-corrected chi connectivity index (χ3v) is 12.0. The zero-order valence-corrected chi connectivity index (χ0v) is 26.5. The molecule has 0 fully saturated rings. The second-order valence-electron chi connectivity index (χ2n) is 11.7. The highest BCUT2D eigenvalue weighted by atomic mass is 28.4. The highest BCUT2D eigenvalue weighted by molar-refractivity contribution is 6.74. The van der Waals surface area contributed by atoms with Gasteiger partial charge in [0.2, 0.25) is 0 Å². The third kappa shape index (κ3) is 8.71. The van der Waals surface area contributed by atoms with Crippen molar-refractivity contribution in [3.8, 4) is 11.5 Å². The summed E-state index contributed by atoms with van der Waals surface area (Å²) in [6.45, 7) is 15.4. The average molecular weight is 590 g/mol. The molecule has 0 bridgehead atoms. The van der Waals surface area contributed by atoms with Gasteiger partial charge in [-0.2, -0.15) is 0 Å². The molecule has 3 atom stereocenters. The maximum atomic E-state index is 10.4. The lowest BCUT2D eigenvalue weighted by atomic mass is 9.93. The predicted molar refractivity (Wildman–Crippen MR) is 170 cm³/mol. The van der Waals surface area contributed by atoms with Crippen molar-refractivity contribution < 1.29 is 23.7 Å². The first-order chi connectivity index (χ1) is 20.0. The molecule has 0 radical (unpaired) electrons. The number of ether oxygens (including phenoxy) is 3. The molecular formula is C33H43N3O5Si. The average Bonchev–Trinajstić information content (AvgIpc) is 2.98. The maximum absolute atomic E-state index is 10.4. The van der Waals surface area contributed by atoms with Crippen LogP contribution in [0.15, 0.2) is 90.6 Å². The summed E-state index contributed by atoms with van der Waals surface area (Å²) in [6, 6.07) is 24.0. The Morgan fingerprint density at radius 3 is 2.02 bits per heavy atom. The second kappa shape index (κ2) is 15.0. The number of methoxy groups -OCH3 is 1. The zero-order chi connectivity index (χ0) is 30.8. The van der Waals surface area contributed by atoms with Gasteiger partial charge in [0.25, 0.3) is 8.32 Å². The molecule has 0 heterocycles. The van der Waals surface area contributed by atoms with E-state index >= 15 is 0 Å². The fraction of sp³-hybridized carbons (Fsp3) is 0.394. The lowest BCUT2D eigenvalue weighted by Crippen LogP contribution is -2.44. The minimum Gasteiger partial charge on any atom is -0.543 e. The third-order valence-electron chi connectivity index (χ3n) is 7.68. The molecule has 0 aliphatic heterocycles. The Labute approximate surface area is 250 Å². The van der Waals surface area contributed by atoms with Gasteiger partial charge in [-0.25, -0.2) is 0 Å². The molecule has 3 aromatic rings. The van der Waals surface area contributed by atoms with Crippen LogP contribution in [-0.4, -0.2) is 45.4 Å². The van der Waals surface area contributed by atoms with Gasteiger partial charge >= 0.3 is 0 Å². The van der Waals surface area contributed by atoms with E-state index in [1.165, 1.54) is 0 Å². The van der Waals surface area contributed by atoms with E-state index in [0.717, 1.165) is 11.1 Å². The lowest BCUT2D eigenvalue weighted by molar-refractivity contribution is -0.0479. The molecule has 8 nitrogen and oxygen atoms in total.